The number of hydrogen-bond donors (Lipinski definition) is 0. The number of methoxy groups -OCH3 is 1. The molecule has 27 heavy (non-hydrogen) atoms. The maximum absolute atomic E-state index is 12.8. The molecule has 2 atom stereocenters. The molecule has 0 N–H and O–H groups in total. The number of hydrogen-bond acceptors (Lipinski definition) is 6. The van der Waals surface area contributed by atoms with E-state index in [1.165, 1.54) is 12.0 Å². The number of fused-ring (bicyclic) bond motifs is 4. The predicted octanol–water partition coefficient (Wildman–Crippen LogP) is 1.19. The highest BCUT2D eigenvalue weighted by Crippen LogP contribution is 2.29. The van der Waals surface area contributed by atoms with Crippen LogP contribution in [-0.2, 0) is 17.9 Å². The Balaban J connectivity index is 1.36. The van der Waals surface area contributed by atoms with Crippen molar-refractivity contribution in [1.82, 2.24) is 30.0 Å². The van der Waals surface area contributed by atoms with E-state index in [9.17, 15) is 4.79 Å². The van der Waals surface area contributed by atoms with Crippen LogP contribution in [0.25, 0.3) is 0 Å². The number of benzene rings is 1. The van der Waals surface area contributed by atoms with Crippen molar-refractivity contribution in [1.29, 1.82) is 0 Å². The van der Waals surface area contributed by atoms with Crippen LogP contribution in [0.4, 0.5) is 0 Å². The fourth-order valence-corrected chi connectivity index (χ4v) is 4.24. The van der Waals surface area contributed by atoms with E-state index in [0.29, 0.717) is 24.9 Å². The number of nitrogens with zero attached hydrogens (tertiary/aromatic N) is 6. The van der Waals surface area contributed by atoms with Crippen molar-refractivity contribution in [3.63, 3.8) is 0 Å². The molecule has 3 saturated heterocycles. The number of carbonyl (C=O) groups is 1. The molecule has 0 radical (unpaired) electrons. The van der Waals surface area contributed by atoms with Gasteiger partial charge in [-0.2, -0.15) is 0 Å². The minimum atomic E-state index is 0.214. The van der Waals surface area contributed by atoms with Gasteiger partial charge in [0.2, 0.25) is 5.91 Å². The highest BCUT2D eigenvalue weighted by atomic mass is 16.5. The van der Waals surface area contributed by atoms with Gasteiger partial charge in [-0.05, 0) is 46.9 Å². The summed E-state index contributed by atoms with van der Waals surface area (Å²) in [5.74, 6) is 1.65. The summed E-state index contributed by atoms with van der Waals surface area (Å²) in [5, 5.41) is 11.1. The monoisotopic (exact) mass is 370 g/mol. The molecule has 1 aromatic carbocycles. The van der Waals surface area contributed by atoms with Crippen molar-refractivity contribution in [2.24, 2.45) is 5.92 Å². The lowest BCUT2D eigenvalue weighted by Crippen LogP contribution is -2.47. The van der Waals surface area contributed by atoms with Crippen molar-refractivity contribution in [2.45, 2.75) is 38.4 Å². The minimum Gasteiger partial charge on any atom is -0.497 e. The first-order chi connectivity index (χ1) is 13.2. The van der Waals surface area contributed by atoms with E-state index in [-0.39, 0.29) is 5.91 Å². The Labute approximate surface area is 159 Å². The summed E-state index contributed by atoms with van der Waals surface area (Å²) < 4.78 is 6.86. The van der Waals surface area contributed by atoms with Crippen molar-refractivity contribution >= 4 is 5.91 Å². The second-order valence-corrected chi connectivity index (χ2v) is 7.51. The van der Waals surface area contributed by atoms with E-state index in [0.717, 1.165) is 38.3 Å². The lowest BCUT2D eigenvalue weighted by Gasteiger charge is -2.36. The summed E-state index contributed by atoms with van der Waals surface area (Å²) >= 11 is 0. The summed E-state index contributed by atoms with van der Waals surface area (Å²) in [6.07, 6.45) is 4.31. The number of aryl methyl sites for hydroxylation is 1. The zero-order valence-electron chi connectivity index (χ0n) is 15.7. The molecule has 8 heteroatoms. The van der Waals surface area contributed by atoms with Gasteiger partial charge in [-0.15, -0.1) is 5.10 Å². The number of rotatable bonds is 6. The Bertz CT molecular complexity index is 748. The number of tetrazole rings is 1. The van der Waals surface area contributed by atoms with Crippen LogP contribution in [0.1, 0.15) is 24.8 Å². The van der Waals surface area contributed by atoms with Gasteiger partial charge >= 0.3 is 0 Å². The molecule has 2 aromatic rings. The van der Waals surface area contributed by atoms with Gasteiger partial charge in [-0.1, -0.05) is 12.1 Å². The second kappa shape index (κ2) is 8.04. The minimum absolute atomic E-state index is 0.214. The number of amides is 1. The zero-order valence-corrected chi connectivity index (χ0v) is 15.7. The van der Waals surface area contributed by atoms with Gasteiger partial charge in [0, 0.05) is 38.6 Å². The van der Waals surface area contributed by atoms with Crippen LogP contribution >= 0.6 is 0 Å². The molecule has 0 saturated carbocycles. The van der Waals surface area contributed by atoms with Gasteiger partial charge in [0.05, 0.1) is 13.7 Å². The quantitative estimate of drug-likeness (QED) is 0.760. The van der Waals surface area contributed by atoms with Crippen molar-refractivity contribution in [3.8, 4) is 5.75 Å². The molecule has 144 valence electrons. The summed E-state index contributed by atoms with van der Waals surface area (Å²) in [6, 6.07) is 8.58. The molecule has 8 nitrogen and oxygen atoms in total. The van der Waals surface area contributed by atoms with E-state index in [1.54, 1.807) is 18.1 Å². The predicted molar refractivity (Wildman–Crippen MR) is 98.9 cm³/mol. The fourth-order valence-electron chi connectivity index (χ4n) is 4.24. The Hall–Kier alpha value is -2.48. The third kappa shape index (κ3) is 4.27. The van der Waals surface area contributed by atoms with Gasteiger partial charge in [0.25, 0.3) is 0 Å². The molecule has 1 amide bonds. The lowest BCUT2D eigenvalue weighted by atomic mass is 9.94. The molecule has 2 bridgehead atoms. The average molecular weight is 370 g/mol. The summed E-state index contributed by atoms with van der Waals surface area (Å²) in [5.41, 5.74) is 1.29. The van der Waals surface area contributed by atoms with Crippen LogP contribution in [0.5, 0.6) is 5.75 Å². The maximum Gasteiger partial charge on any atom is 0.224 e. The summed E-state index contributed by atoms with van der Waals surface area (Å²) in [4.78, 5) is 17.4. The standard InChI is InChI=1S/C19H26N6O2/c1-27-18-6-3-15(4-7-18)10-23-11-16-2-5-17(13-23)25(12-16)19(26)8-9-24-14-20-21-22-24/h3-4,6-7,14,16-17H,2,5,8-13H2,1H3/t16-,17+/m0/s1. The van der Waals surface area contributed by atoms with Gasteiger partial charge in [0.15, 0.2) is 0 Å². The highest BCUT2D eigenvalue weighted by Gasteiger charge is 2.36. The van der Waals surface area contributed by atoms with Crippen LogP contribution < -0.4 is 4.74 Å². The van der Waals surface area contributed by atoms with Crippen LogP contribution in [0.2, 0.25) is 0 Å². The highest BCUT2D eigenvalue weighted by molar-refractivity contribution is 5.76. The normalized spacial score (nSPS) is 22.6. The molecule has 3 aliphatic heterocycles. The maximum atomic E-state index is 12.8. The van der Waals surface area contributed by atoms with Crippen molar-refractivity contribution < 1.29 is 9.53 Å². The van der Waals surface area contributed by atoms with Crippen LogP contribution in [0.3, 0.4) is 0 Å². The Morgan fingerprint density at radius 2 is 2.04 bits per heavy atom. The Morgan fingerprint density at radius 1 is 1.19 bits per heavy atom. The Morgan fingerprint density at radius 3 is 2.78 bits per heavy atom. The van der Waals surface area contributed by atoms with E-state index >= 15 is 0 Å². The van der Waals surface area contributed by atoms with Gasteiger partial charge in [-0.25, -0.2) is 4.68 Å². The molecule has 0 unspecified atom stereocenters. The van der Waals surface area contributed by atoms with E-state index < -0.39 is 0 Å². The molecule has 4 heterocycles. The number of ether oxygens (including phenoxy) is 1. The van der Waals surface area contributed by atoms with E-state index in [1.807, 2.05) is 12.1 Å². The first-order valence-corrected chi connectivity index (χ1v) is 9.57. The molecule has 0 aliphatic carbocycles. The number of carbonyl (C=O) groups excluding carboxylic acids is 1. The van der Waals surface area contributed by atoms with E-state index in [2.05, 4.69) is 37.5 Å². The Kier molecular flexibility index (Phi) is 5.33. The average Bonchev–Trinajstić information content (AvgIpc) is 3.07. The number of aromatic nitrogens is 4. The molecule has 5 rings (SSSR count). The topological polar surface area (TPSA) is 76.4 Å². The largest absolute Gasteiger partial charge is 0.497 e. The fraction of sp³-hybridized carbons (Fsp3) is 0.579. The molecule has 3 fully saturated rings. The zero-order chi connectivity index (χ0) is 18.6. The van der Waals surface area contributed by atoms with Gasteiger partial charge in [0.1, 0.15) is 12.1 Å². The van der Waals surface area contributed by atoms with Crippen LogP contribution in [-0.4, -0.2) is 68.7 Å². The summed E-state index contributed by atoms with van der Waals surface area (Å²) in [6.45, 7) is 4.33. The molecular weight excluding hydrogens is 344 g/mol. The van der Waals surface area contributed by atoms with Crippen molar-refractivity contribution in [3.05, 3.63) is 36.2 Å². The molecule has 1 aromatic heterocycles. The molecule has 3 aliphatic rings. The van der Waals surface area contributed by atoms with Crippen LogP contribution in [0, 0.1) is 5.92 Å². The smallest absolute Gasteiger partial charge is 0.224 e. The van der Waals surface area contributed by atoms with Crippen molar-refractivity contribution in [2.75, 3.05) is 26.7 Å². The molecule has 0 spiro atoms. The molecular formula is C19H26N6O2. The van der Waals surface area contributed by atoms with Crippen LogP contribution in [0.15, 0.2) is 30.6 Å². The van der Waals surface area contributed by atoms with Gasteiger partial charge < -0.3 is 9.64 Å². The second-order valence-electron chi connectivity index (χ2n) is 7.51. The first kappa shape index (κ1) is 17.9. The first-order valence-electron chi connectivity index (χ1n) is 9.57. The third-order valence-corrected chi connectivity index (χ3v) is 5.62. The number of piperidine rings is 1. The summed E-state index contributed by atoms with van der Waals surface area (Å²) in [7, 11) is 1.69. The van der Waals surface area contributed by atoms with E-state index in [4.69, 9.17) is 4.74 Å². The lowest BCUT2D eigenvalue weighted by molar-refractivity contribution is -0.135. The SMILES string of the molecule is COc1ccc(CN2C[C@@H]3CC[C@H](C2)N(C(=O)CCn2cnnn2)C3)cc1. The third-order valence-electron chi connectivity index (χ3n) is 5.62. The van der Waals surface area contributed by atoms with Gasteiger partial charge in [-0.3, -0.25) is 9.69 Å².